The monoisotopic (exact) mass is 229 g/mol. The van der Waals surface area contributed by atoms with Crippen molar-refractivity contribution in [2.24, 2.45) is 0 Å². The maximum Gasteiger partial charge on any atom is 0.508 e. The Hall–Kier alpha value is -1.44. The fraction of sp³-hybridized carbons (Fsp3) is 0.750. The van der Waals surface area contributed by atoms with Crippen molar-refractivity contribution in [3.05, 3.63) is 0 Å². The lowest BCUT2D eigenvalue weighted by Crippen LogP contribution is -2.21. The molecular weight excluding hydrogens is 219 g/mol. The molecule has 0 N–H and O–H groups in total. The highest BCUT2D eigenvalue weighted by Crippen LogP contribution is 2.10. The Kier molecular flexibility index (Phi) is 3.50. The summed E-state index contributed by atoms with van der Waals surface area (Å²) in [4.78, 5) is 21.1. The first-order valence-electron chi connectivity index (χ1n) is 4.84. The zero-order valence-electron chi connectivity index (χ0n) is 8.42. The normalized spacial score (nSPS) is 28.0. The van der Waals surface area contributed by atoms with Crippen LogP contribution in [-0.4, -0.2) is 51.8 Å². The molecule has 2 heterocycles. The zero-order chi connectivity index (χ0) is 11.4. The second-order valence-electron chi connectivity index (χ2n) is 3.34. The molecule has 0 bridgehead atoms. The number of hydrogen-bond donors (Lipinski definition) is 0. The molecule has 2 fully saturated rings. The van der Waals surface area contributed by atoms with Crippen LogP contribution in [0.25, 0.3) is 0 Å². The molecule has 2 saturated heterocycles. The van der Waals surface area contributed by atoms with Gasteiger partial charge in [0.15, 0.2) is 6.10 Å². The Morgan fingerprint density at radius 2 is 1.75 bits per heavy atom. The van der Waals surface area contributed by atoms with Crippen LogP contribution in [0.5, 0.6) is 0 Å². The van der Waals surface area contributed by atoms with Gasteiger partial charge in [0, 0.05) is 0 Å². The Bertz CT molecular complexity index is 254. The van der Waals surface area contributed by atoms with Crippen LogP contribution in [-0.2, 0) is 23.6 Å². The van der Waals surface area contributed by atoms with E-state index in [4.69, 9.17) is 14.1 Å². The van der Waals surface area contributed by atoms with E-state index >= 15 is 0 Å². The lowest BCUT2D eigenvalue weighted by molar-refractivity contribution is 0.0978. The van der Waals surface area contributed by atoms with Gasteiger partial charge in [0.1, 0.15) is 19.3 Å². The van der Waals surface area contributed by atoms with Crippen molar-refractivity contribution in [3.63, 3.8) is 0 Å². The van der Waals surface area contributed by atoms with E-state index in [0.717, 1.165) is 0 Å². The second-order valence-corrected chi connectivity index (χ2v) is 3.34. The van der Waals surface area contributed by atoms with Gasteiger partial charge in [-0.05, 0) is 6.32 Å². The molecular formula is C8H10BO7. The van der Waals surface area contributed by atoms with Gasteiger partial charge in [0.25, 0.3) is 7.48 Å². The molecule has 1 radical (unpaired) electrons. The van der Waals surface area contributed by atoms with E-state index < -0.39 is 12.3 Å². The minimum absolute atomic E-state index is 0.203. The summed E-state index contributed by atoms with van der Waals surface area (Å²) in [6, 6.07) is 0. The molecule has 0 aromatic rings. The van der Waals surface area contributed by atoms with Gasteiger partial charge in [-0.25, -0.2) is 9.59 Å². The second kappa shape index (κ2) is 5.06. The molecule has 0 aliphatic carbocycles. The molecule has 0 aromatic heterocycles. The summed E-state index contributed by atoms with van der Waals surface area (Å²) in [5.74, 6) is 0. The predicted molar refractivity (Wildman–Crippen MR) is 49.0 cm³/mol. The average molecular weight is 229 g/mol. The fourth-order valence-electron chi connectivity index (χ4n) is 1.28. The highest BCUT2D eigenvalue weighted by molar-refractivity contribution is 6.27. The summed E-state index contributed by atoms with van der Waals surface area (Å²) >= 11 is 0. The van der Waals surface area contributed by atoms with Crippen LogP contribution in [0.4, 0.5) is 9.59 Å². The lowest BCUT2D eigenvalue weighted by atomic mass is 9.91. The molecule has 8 heteroatoms. The van der Waals surface area contributed by atoms with Gasteiger partial charge < -0.3 is 23.6 Å². The van der Waals surface area contributed by atoms with E-state index in [1.165, 1.54) is 7.48 Å². The standard InChI is InChI=1S/C8H10BO7/c10-7-12-2-5(15-7)1-9-14-4-6-3-13-8(11)16-6/h5-6H,1-4H2. The molecule has 7 nitrogen and oxygen atoms in total. The minimum Gasteiger partial charge on any atom is -0.436 e. The first-order chi connectivity index (χ1) is 7.74. The number of ether oxygens (including phenoxy) is 4. The highest BCUT2D eigenvalue weighted by atomic mass is 16.8. The Morgan fingerprint density at radius 3 is 2.31 bits per heavy atom. The summed E-state index contributed by atoms with van der Waals surface area (Å²) in [5.41, 5.74) is 0. The van der Waals surface area contributed by atoms with Crippen molar-refractivity contribution in [2.75, 3.05) is 19.8 Å². The van der Waals surface area contributed by atoms with Gasteiger partial charge in [0.05, 0.1) is 6.61 Å². The molecule has 16 heavy (non-hydrogen) atoms. The third-order valence-electron chi connectivity index (χ3n) is 2.06. The van der Waals surface area contributed by atoms with E-state index in [-0.39, 0.29) is 32.0 Å². The number of hydrogen-bond acceptors (Lipinski definition) is 7. The maximum atomic E-state index is 10.6. The van der Waals surface area contributed by atoms with Crippen LogP contribution in [0.1, 0.15) is 0 Å². The maximum absolute atomic E-state index is 10.6. The van der Waals surface area contributed by atoms with Crippen LogP contribution < -0.4 is 0 Å². The van der Waals surface area contributed by atoms with Crippen LogP contribution in [0.15, 0.2) is 0 Å². The topological polar surface area (TPSA) is 80.3 Å². The molecule has 2 unspecified atom stereocenters. The van der Waals surface area contributed by atoms with Crippen LogP contribution >= 0.6 is 0 Å². The van der Waals surface area contributed by atoms with Crippen molar-refractivity contribution in [1.29, 1.82) is 0 Å². The Labute approximate surface area is 92.2 Å². The SMILES string of the molecule is O=C1OCC(C[B]OCC2COC(=O)O2)O1. The molecule has 0 amide bonds. The summed E-state index contributed by atoms with van der Waals surface area (Å²) in [7, 11) is 1.50. The Balaban J connectivity index is 1.52. The first-order valence-corrected chi connectivity index (χ1v) is 4.84. The first kappa shape index (κ1) is 11.1. The number of carbonyl (C=O) groups excluding carboxylic acids is 2. The van der Waals surface area contributed by atoms with Crippen LogP contribution in [0.2, 0.25) is 6.32 Å². The largest absolute Gasteiger partial charge is 0.508 e. The predicted octanol–water partition coefficient (Wildman–Crippen LogP) is 0.111. The van der Waals surface area contributed by atoms with Crippen molar-refractivity contribution >= 4 is 19.8 Å². The van der Waals surface area contributed by atoms with Crippen molar-refractivity contribution < 1.29 is 33.2 Å². The van der Waals surface area contributed by atoms with Gasteiger partial charge in [-0.15, -0.1) is 0 Å². The van der Waals surface area contributed by atoms with E-state index in [1.807, 2.05) is 0 Å². The fourth-order valence-corrected chi connectivity index (χ4v) is 1.28. The summed E-state index contributed by atoms with van der Waals surface area (Å²) in [6.07, 6.45) is -1.56. The third kappa shape index (κ3) is 3.03. The smallest absolute Gasteiger partial charge is 0.436 e. The quantitative estimate of drug-likeness (QED) is 0.376. The van der Waals surface area contributed by atoms with Crippen molar-refractivity contribution in [2.45, 2.75) is 18.5 Å². The van der Waals surface area contributed by atoms with Crippen LogP contribution in [0, 0.1) is 0 Å². The molecule has 2 aliphatic rings. The van der Waals surface area contributed by atoms with Crippen LogP contribution in [0.3, 0.4) is 0 Å². The van der Waals surface area contributed by atoms with Gasteiger partial charge in [-0.3, -0.25) is 0 Å². The van der Waals surface area contributed by atoms with Gasteiger partial charge >= 0.3 is 12.3 Å². The molecule has 0 aromatic carbocycles. The average Bonchev–Trinajstić information content (AvgIpc) is 2.83. The molecule has 2 atom stereocenters. The van der Waals surface area contributed by atoms with E-state index in [9.17, 15) is 9.59 Å². The molecule has 0 saturated carbocycles. The van der Waals surface area contributed by atoms with E-state index in [2.05, 4.69) is 9.47 Å². The molecule has 0 spiro atoms. The van der Waals surface area contributed by atoms with E-state index in [1.54, 1.807) is 0 Å². The highest BCUT2D eigenvalue weighted by Gasteiger charge is 2.27. The Morgan fingerprint density at radius 1 is 1.12 bits per heavy atom. The molecule has 2 rings (SSSR count). The summed E-state index contributed by atoms with van der Waals surface area (Å²) < 4.78 is 23.8. The van der Waals surface area contributed by atoms with Crippen molar-refractivity contribution in [1.82, 2.24) is 0 Å². The number of rotatable bonds is 5. The van der Waals surface area contributed by atoms with Crippen molar-refractivity contribution in [3.8, 4) is 0 Å². The molecule has 87 valence electrons. The third-order valence-corrected chi connectivity index (χ3v) is 2.06. The zero-order valence-corrected chi connectivity index (χ0v) is 8.42. The number of cyclic esters (lactones) is 4. The van der Waals surface area contributed by atoms with Gasteiger partial charge in [-0.2, -0.15) is 0 Å². The number of carbonyl (C=O) groups is 2. The minimum atomic E-state index is -0.674. The lowest BCUT2D eigenvalue weighted by Gasteiger charge is -2.08. The van der Waals surface area contributed by atoms with Gasteiger partial charge in [-0.1, -0.05) is 0 Å². The summed E-state index contributed by atoms with van der Waals surface area (Å²) in [5, 5.41) is 0. The van der Waals surface area contributed by atoms with Gasteiger partial charge in [0.2, 0.25) is 0 Å². The summed E-state index contributed by atoms with van der Waals surface area (Å²) in [6.45, 7) is 0.668. The van der Waals surface area contributed by atoms with E-state index in [0.29, 0.717) is 6.32 Å². The molecule has 2 aliphatic heterocycles.